The van der Waals surface area contributed by atoms with Crippen molar-refractivity contribution in [3.8, 4) is 0 Å². The molecule has 5 saturated carbocycles. The van der Waals surface area contributed by atoms with E-state index in [-0.39, 0.29) is 45.1 Å². The second-order valence-corrected chi connectivity index (χ2v) is 23.5. The molecule has 5 aliphatic carbocycles. The molecule has 4 heterocycles. The highest BCUT2D eigenvalue weighted by Crippen LogP contribution is 2.77. The lowest BCUT2D eigenvalue weighted by atomic mass is 9.32. The Bertz CT molecular complexity index is 1590. The number of esters is 2. The van der Waals surface area contributed by atoms with Crippen LogP contribution < -0.4 is 0 Å². The van der Waals surface area contributed by atoms with E-state index < -0.39 is 0 Å². The number of piperazine rings is 3. The van der Waals surface area contributed by atoms with Crippen LogP contribution in [0.15, 0.2) is 24.6 Å². The number of ether oxygens (including phenoxy) is 2. The molecular formula is C50H84N4O4+2. The van der Waals surface area contributed by atoms with Crippen molar-refractivity contribution in [3.63, 3.8) is 0 Å². The molecule has 3 saturated heterocycles. The first-order valence-electron chi connectivity index (χ1n) is 24.2. The summed E-state index contributed by atoms with van der Waals surface area (Å²) in [5, 5.41) is 0. The van der Waals surface area contributed by atoms with E-state index in [1.807, 2.05) is 0 Å². The number of rotatable bonds is 12. The molecule has 2 bridgehead atoms. The Morgan fingerprint density at radius 3 is 2.17 bits per heavy atom. The number of hydrogen-bond acceptors (Lipinski definition) is 6. The van der Waals surface area contributed by atoms with Gasteiger partial charge in [-0.2, -0.15) is 0 Å². The molecule has 5 unspecified atom stereocenters. The molecule has 11 atom stereocenters. The molecule has 0 amide bonds. The van der Waals surface area contributed by atoms with Gasteiger partial charge in [-0.05, 0) is 117 Å². The summed E-state index contributed by atoms with van der Waals surface area (Å²) in [6, 6.07) is 0. The Hall–Kier alpha value is -1.90. The van der Waals surface area contributed by atoms with E-state index in [1.54, 1.807) is 0 Å². The van der Waals surface area contributed by atoms with E-state index in [0.717, 1.165) is 56.3 Å². The average molecular weight is 805 g/mol. The van der Waals surface area contributed by atoms with Crippen molar-refractivity contribution in [1.82, 2.24) is 9.80 Å². The van der Waals surface area contributed by atoms with Gasteiger partial charge in [-0.1, -0.05) is 46.8 Å². The molecule has 0 spiro atoms. The smallest absolute Gasteiger partial charge is 0.306 e. The van der Waals surface area contributed by atoms with Crippen molar-refractivity contribution in [2.75, 3.05) is 86.1 Å². The second kappa shape index (κ2) is 15.5. The van der Waals surface area contributed by atoms with E-state index in [1.165, 1.54) is 101 Å². The standard InChI is InChI=1S/C50H84N4O4/c1-37(2)38-16-21-50(36-57-43(55)12-10-29-53(9)31-24-51(8)25-32-53)23-22-48(6)39(45(38)50)14-15-41-47(5)19-18-42(46(3,4)40(47)17-20-49(41,48)7)58-44(56)13-11-30-54-33-26-52(27-34-54)28-35-54/h24,31,38-42,45H,1,10-23,25-30,32-36H2,2-9H3/q+2/t38-,39?,40?,41?,42-,45?,47-,48+,49+,50+,53?/m0/s1. The average Bonchev–Trinajstić information content (AvgIpc) is 3.58. The normalized spacial score (nSPS) is 46.3. The molecule has 0 aromatic carbocycles. The second-order valence-electron chi connectivity index (χ2n) is 23.5. The maximum atomic E-state index is 13.5. The zero-order valence-electron chi connectivity index (χ0n) is 38.4. The number of hydrogen-bond donors (Lipinski definition) is 0. The minimum atomic E-state index is -0.0324. The lowest BCUT2D eigenvalue weighted by Gasteiger charge is -2.73. The molecule has 8 fully saturated rings. The Balaban J connectivity index is 0.916. The van der Waals surface area contributed by atoms with Crippen molar-refractivity contribution in [2.45, 2.75) is 138 Å². The van der Waals surface area contributed by atoms with Crippen LogP contribution in [0.4, 0.5) is 0 Å². The summed E-state index contributed by atoms with van der Waals surface area (Å²) in [5.41, 5.74) is 2.13. The van der Waals surface area contributed by atoms with Crippen LogP contribution in [0.3, 0.4) is 0 Å². The van der Waals surface area contributed by atoms with E-state index >= 15 is 0 Å². The van der Waals surface area contributed by atoms with Crippen LogP contribution in [0, 0.1) is 56.7 Å². The van der Waals surface area contributed by atoms with Crippen LogP contribution >= 0.6 is 0 Å². The number of nitrogens with zero attached hydrogens (tertiary/aromatic N) is 4. The van der Waals surface area contributed by atoms with Crippen LogP contribution in [0.2, 0.25) is 0 Å². The summed E-state index contributed by atoms with van der Waals surface area (Å²) >= 11 is 0. The highest BCUT2D eigenvalue weighted by molar-refractivity contribution is 5.69. The number of carbonyl (C=O) groups is 2. The van der Waals surface area contributed by atoms with Crippen molar-refractivity contribution >= 4 is 11.9 Å². The number of carbonyl (C=O) groups excluding carboxylic acids is 2. The van der Waals surface area contributed by atoms with Crippen molar-refractivity contribution in [1.29, 1.82) is 0 Å². The lowest BCUT2D eigenvalue weighted by molar-refractivity contribution is -0.941. The van der Waals surface area contributed by atoms with Crippen LogP contribution in [-0.4, -0.2) is 123 Å². The predicted molar refractivity (Wildman–Crippen MR) is 232 cm³/mol. The molecule has 9 aliphatic rings. The Labute approximate surface area is 353 Å². The summed E-state index contributed by atoms with van der Waals surface area (Å²) in [5.74, 6) is 2.95. The topological polar surface area (TPSA) is 59.1 Å². The van der Waals surface area contributed by atoms with Gasteiger partial charge in [0.15, 0.2) is 0 Å². The van der Waals surface area contributed by atoms with Crippen LogP contribution in [-0.2, 0) is 19.1 Å². The molecule has 8 nitrogen and oxygen atoms in total. The molecule has 326 valence electrons. The van der Waals surface area contributed by atoms with Gasteiger partial charge in [0.2, 0.25) is 0 Å². The van der Waals surface area contributed by atoms with Crippen molar-refractivity contribution in [2.24, 2.45) is 56.7 Å². The van der Waals surface area contributed by atoms with Gasteiger partial charge in [-0.15, -0.1) is 0 Å². The number of likely N-dealkylation sites (N-methyl/N-ethyl adjacent to an activating group) is 2. The third-order valence-corrected chi connectivity index (χ3v) is 20.4. The van der Waals surface area contributed by atoms with Gasteiger partial charge >= 0.3 is 11.9 Å². The fourth-order valence-electron chi connectivity index (χ4n) is 16.4. The lowest BCUT2D eigenvalue weighted by Crippen LogP contribution is -2.67. The van der Waals surface area contributed by atoms with E-state index in [2.05, 4.69) is 84.4 Å². The van der Waals surface area contributed by atoms with Gasteiger partial charge in [0.05, 0.1) is 72.0 Å². The largest absolute Gasteiger partial charge is 0.465 e. The molecule has 0 radical (unpaired) electrons. The molecule has 0 N–H and O–H groups in total. The summed E-state index contributed by atoms with van der Waals surface area (Å²) in [7, 11) is 4.41. The Kier molecular flexibility index (Phi) is 11.4. The molecule has 4 aliphatic heterocycles. The van der Waals surface area contributed by atoms with Gasteiger partial charge in [-0.25, -0.2) is 0 Å². The minimum absolute atomic E-state index is 0.000513. The van der Waals surface area contributed by atoms with Crippen molar-refractivity contribution < 1.29 is 28.0 Å². The van der Waals surface area contributed by atoms with E-state index in [9.17, 15) is 9.59 Å². The fourth-order valence-corrected chi connectivity index (χ4v) is 16.4. The summed E-state index contributed by atoms with van der Waals surface area (Å²) < 4.78 is 15.0. The first-order chi connectivity index (χ1) is 27.4. The third-order valence-electron chi connectivity index (χ3n) is 20.4. The van der Waals surface area contributed by atoms with Crippen LogP contribution in [0.5, 0.6) is 0 Å². The zero-order chi connectivity index (χ0) is 41.4. The Morgan fingerprint density at radius 2 is 1.48 bits per heavy atom. The number of fused-ring (bicyclic) bond motifs is 10. The van der Waals surface area contributed by atoms with Gasteiger partial charge in [0.25, 0.3) is 0 Å². The highest BCUT2D eigenvalue weighted by Gasteiger charge is 2.71. The Morgan fingerprint density at radius 1 is 0.776 bits per heavy atom. The van der Waals surface area contributed by atoms with E-state index in [0.29, 0.717) is 49.0 Å². The summed E-state index contributed by atoms with van der Waals surface area (Å²) in [4.78, 5) is 31.7. The predicted octanol–water partition coefficient (Wildman–Crippen LogP) is 8.67. The molecule has 0 aromatic heterocycles. The first-order valence-corrected chi connectivity index (χ1v) is 24.2. The van der Waals surface area contributed by atoms with Gasteiger partial charge in [0, 0.05) is 50.4 Å². The molecule has 58 heavy (non-hydrogen) atoms. The monoisotopic (exact) mass is 805 g/mol. The molecular weight excluding hydrogens is 721 g/mol. The summed E-state index contributed by atoms with van der Waals surface area (Å²) in [6.45, 7) is 32.2. The SMILES string of the molecule is C=C(C)[C@@H]1CC[C@]2(COC(=O)CCC[N+]3(C)C=CN(C)CC3)CC[C@]3(C)C(CCC4[C@@]5(C)CC[C@H](OC(=O)CCC[N+]67CCN(CC6)CC7)C(C)(C)C5CC[C@]43C)C12. The molecule has 8 heteroatoms. The molecule has 0 aromatic rings. The zero-order valence-corrected chi connectivity index (χ0v) is 38.4. The van der Waals surface area contributed by atoms with Gasteiger partial charge in [-0.3, -0.25) is 19.0 Å². The number of allylic oxidation sites excluding steroid dienone is 1. The van der Waals surface area contributed by atoms with E-state index in [4.69, 9.17) is 9.47 Å². The van der Waals surface area contributed by atoms with Crippen LogP contribution in [0.25, 0.3) is 0 Å². The third kappa shape index (κ3) is 7.25. The van der Waals surface area contributed by atoms with Crippen molar-refractivity contribution in [3.05, 3.63) is 24.6 Å². The minimum Gasteiger partial charge on any atom is -0.465 e. The highest BCUT2D eigenvalue weighted by atomic mass is 16.5. The van der Waals surface area contributed by atoms with Gasteiger partial charge < -0.3 is 18.9 Å². The summed E-state index contributed by atoms with van der Waals surface area (Å²) in [6.07, 6.45) is 19.4. The van der Waals surface area contributed by atoms with Gasteiger partial charge in [0.1, 0.15) is 18.8 Å². The van der Waals surface area contributed by atoms with Crippen LogP contribution in [0.1, 0.15) is 131 Å². The number of quaternary nitrogens is 2. The molecule has 9 rings (SSSR count). The first kappa shape index (κ1) is 42.8. The fraction of sp³-hybridized carbons (Fsp3) is 0.880. The maximum Gasteiger partial charge on any atom is 0.306 e. The maximum absolute atomic E-state index is 13.5. The quantitative estimate of drug-likeness (QED) is 0.112.